The summed E-state index contributed by atoms with van der Waals surface area (Å²) in [7, 11) is 0. The Kier molecular flexibility index (Phi) is 8.62. The molecule has 0 unspecified atom stereocenters. The molecule has 5 nitrogen and oxygen atoms in total. The highest BCUT2D eigenvalue weighted by Crippen LogP contribution is 2.27. The first-order valence-electron chi connectivity index (χ1n) is 13.2. The second-order valence-corrected chi connectivity index (χ2v) is 10.0. The number of unbranched alkanes of at least 4 members (excludes halogenated alkanes) is 1. The number of aromatic amines is 1. The van der Waals surface area contributed by atoms with E-state index in [-0.39, 0.29) is 24.3 Å². The van der Waals surface area contributed by atoms with Crippen LogP contribution in [0, 0.1) is 12.8 Å². The lowest BCUT2D eigenvalue weighted by atomic mass is 10.1. The van der Waals surface area contributed by atoms with E-state index in [1.807, 2.05) is 15.9 Å². The number of benzene rings is 2. The molecule has 1 N–H and O–H groups in total. The average molecular weight is 474 g/mol. The van der Waals surface area contributed by atoms with Crippen LogP contribution in [-0.2, 0) is 22.6 Å². The molecule has 0 atom stereocenters. The van der Waals surface area contributed by atoms with Crippen LogP contribution >= 0.6 is 0 Å². The number of nitrogens with zero attached hydrogens (tertiary/aromatic N) is 2. The van der Waals surface area contributed by atoms with Crippen molar-refractivity contribution in [2.24, 2.45) is 5.92 Å². The van der Waals surface area contributed by atoms with Crippen molar-refractivity contribution in [3.63, 3.8) is 0 Å². The van der Waals surface area contributed by atoms with E-state index < -0.39 is 0 Å². The van der Waals surface area contributed by atoms with E-state index in [4.69, 9.17) is 0 Å². The summed E-state index contributed by atoms with van der Waals surface area (Å²) >= 11 is 0. The Morgan fingerprint density at radius 1 is 0.971 bits per heavy atom. The summed E-state index contributed by atoms with van der Waals surface area (Å²) < 4.78 is 0. The first-order valence-corrected chi connectivity index (χ1v) is 13.2. The molecule has 0 bridgehead atoms. The van der Waals surface area contributed by atoms with Crippen molar-refractivity contribution in [1.29, 1.82) is 0 Å². The highest BCUT2D eigenvalue weighted by molar-refractivity contribution is 5.86. The third-order valence-corrected chi connectivity index (χ3v) is 7.30. The summed E-state index contributed by atoms with van der Waals surface area (Å²) in [6.45, 7) is 6.22. The fourth-order valence-corrected chi connectivity index (χ4v) is 5.11. The molecule has 1 fully saturated rings. The smallest absolute Gasteiger partial charge is 0.242 e. The number of nitrogens with one attached hydrogen (secondary N) is 1. The van der Waals surface area contributed by atoms with Gasteiger partial charge in [0.15, 0.2) is 0 Å². The number of fused-ring (bicyclic) bond motifs is 1. The van der Waals surface area contributed by atoms with Gasteiger partial charge in [-0.3, -0.25) is 9.59 Å². The molecular weight excluding hydrogens is 434 g/mol. The highest BCUT2D eigenvalue weighted by Gasteiger charge is 2.29. The normalized spacial score (nSPS) is 13.9. The first-order chi connectivity index (χ1) is 17.0. The summed E-state index contributed by atoms with van der Waals surface area (Å²) in [5, 5.41) is 1.20. The summed E-state index contributed by atoms with van der Waals surface area (Å²) in [6.07, 6.45) is 8.93. The van der Waals surface area contributed by atoms with Crippen molar-refractivity contribution in [2.75, 3.05) is 19.6 Å². The molecule has 1 aromatic heterocycles. The molecule has 0 saturated heterocycles. The fraction of sp³-hybridized carbons (Fsp3) is 0.467. The molecule has 1 aliphatic carbocycles. The minimum Gasteiger partial charge on any atom is -0.361 e. The summed E-state index contributed by atoms with van der Waals surface area (Å²) in [5.74, 6) is 0.306. The van der Waals surface area contributed by atoms with Gasteiger partial charge in [0.1, 0.15) is 0 Å². The second-order valence-electron chi connectivity index (χ2n) is 10.0. The standard InChI is InChI=1S/C30H39N3O2/c1-3-4-18-33(30(35)25-9-5-6-10-25)22-29(34)32(21-24-15-13-23(2)14-16-24)19-17-26-20-31-28-12-8-7-11-27(26)28/h7-8,11-16,20,25,31H,3-6,9-10,17-19,21-22H2,1-2H3. The van der Waals surface area contributed by atoms with E-state index in [0.717, 1.165) is 56.0 Å². The van der Waals surface area contributed by atoms with Gasteiger partial charge in [0.2, 0.25) is 11.8 Å². The monoisotopic (exact) mass is 473 g/mol. The molecule has 2 aromatic carbocycles. The number of hydrogen-bond donors (Lipinski definition) is 1. The number of carbonyl (C=O) groups excluding carboxylic acids is 2. The maximum atomic E-state index is 13.7. The largest absolute Gasteiger partial charge is 0.361 e. The molecule has 35 heavy (non-hydrogen) atoms. The van der Waals surface area contributed by atoms with Crippen LogP contribution in [0.5, 0.6) is 0 Å². The molecule has 1 aliphatic rings. The molecule has 186 valence electrons. The third-order valence-electron chi connectivity index (χ3n) is 7.30. The van der Waals surface area contributed by atoms with Gasteiger partial charge < -0.3 is 14.8 Å². The second kappa shape index (κ2) is 12.1. The van der Waals surface area contributed by atoms with Crippen molar-refractivity contribution in [2.45, 2.75) is 65.3 Å². The van der Waals surface area contributed by atoms with Crippen molar-refractivity contribution >= 4 is 22.7 Å². The van der Waals surface area contributed by atoms with Crippen LogP contribution in [0.3, 0.4) is 0 Å². The number of aromatic nitrogens is 1. The quantitative estimate of drug-likeness (QED) is 0.379. The van der Waals surface area contributed by atoms with E-state index in [0.29, 0.717) is 19.6 Å². The van der Waals surface area contributed by atoms with E-state index in [9.17, 15) is 9.59 Å². The van der Waals surface area contributed by atoms with E-state index in [2.05, 4.69) is 67.5 Å². The lowest BCUT2D eigenvalue weighted by Gasteiger charge is -2.29. The van der Waals surface area contributed by atoms with Gasteiger partial charge in [0.25, 0.3) is 0 Å². The maximum Gasteiger partial charge on any atom is 0.242 e. The van der Waals surface area contributed by atoms with Crippen LogP contribution in [0.2, 0.25) is 0 Å². The number of H-pyrrole nitrogens is 1. The summed E-state index contributed by atoms with van der Waals surface area (Å²) in [5.41, 5.74) is 4.66. The minimum absolute atomic E-state index is 0.0351. The number of aryl methyl sites for hydroxylation is 1. The lowest BCUT2D eigenvalue weighted by Crippen LogP contribution is -2.45. The van der Waals surface area contributed by atoms with Gasteiger partial charge in [-0.05, 0) is 49.8 Å². The lowest BCUT2D eigenvalue weighted by molar-refractivity contribution is -0.143. The van der Waals surface area contributed by atoms with Crippen molar-refractivity contribution < 1.29 is 9.59 Å². The van der Waals surface area contributed by atoms with Crippen molar-refractivity contribution in [3.8, 4) is 0 Å². The molecule has 2 amide bonds. The fourth-order valence-electron chi connectivity index (χ4n) is 5.11. The van der Waals surface area contributed by atoms with Crippen molar-refractivity contribution in [3.05, 3.63) is 71.4 Å². The Bertz CT molecular complexity index is 1110. The van der Waals surface area contributed by atoms with Crippen LogP contribution < -0.4 is 0 Å². The molecule has 3 aromatic rings. The Balaban J connectivity index is 1.50. The van der Waals surface area contributed by atoms with Crippen LogP contribution in [0.25, 0.3) is 10.9 Å². The van der Waals surface area contributed by atoms with Crippen molar-refractivity contribution in [1.82, 2.24) is 14.8 Å². The van der Waals surface area contributed by atoms with Crippen LogP contribution in [0.1, 0.15) is 62.1 Å². The third kappa shape index (κ3) is 6.53. The molecule has 1 saturated carbocycles. The van der Waals surface area contributed by atoms with E-state index in [1.54, 1.807) is 0 Å². The zero-order valence-corrected chi connectivity index (χ0v) is 21.3. The summed E-state index contributed by atoms with van der Waals surface area (Å²) in [4.78, 5) is 34.0. The van der Waals surface area contributed by atoms with Crippen LogP contribution in [-0.4, -0.2) is 46.2 Å². The zero-order valence-electron chi connectivity index (χ0n) is 21.3. The number of rotatable bonds is 11. The van der Waals surface area contributed by atoms with Gasteiger partial charge in [0.05, 0.1) is 6.54 Å². The van der Waals surface area contributed by atoms with Crippen LogP contribution in [0.4, 0.5) is 0 Å². The molecule has 5 heteroatoms. The average Bonchev–Trinajstić information content (AvgIpc) is 3.55. The predicted octanol–water partition coefficient (Wildman–Crippen LogP) is 5.87. The maximum absolute atomic E-state index is 13.7. The van der Waals surface area contributed by atoms with Gasteiger partial charge in [-0.15, -0.1) is 0 Å². The summed E-state index contributed by atoms with van der Waals surface area (Å²) in [6, 6.07) is 16.7. The van der Waals surface area contributed by atoms with Gasteiger partial charge in [0, 0.05) is 42.7 Å². The molecular formula is C30H39N3O2. The molecule has 4 rings (SSSR count). The first kappa shape index (κ1) is 25.0. The van der Waals surface area contributed by atoms with Gasteiger partial charge >= 0.3 is 0 Å². The van der Waals surface area contributed by atoms with Gasteiger partial charge in [-0.25, -0.2) is 0 Å². The Hall–Kier alpha value is -3.08. The Morgan fingerprint density at radius 2 is 1.71 bits per heavy atom. The van der Waals surface area contributed by atoms with Crippen LogP contribution in [0.15, 0.2) is 54.7 Å². The van der Waals surface area contributed by atoms with E-state index >= 15 is 0 Å². The number of amides is 2. The van der Waals surface area contributed by atoms with E-state index in [1.165, 1.54) is 16.5 Å². The zero-order chi connectivity index (χ0) is 24.6. The Morgan fingerprint density at radius 3 is 2.46 bits per heavy atom. The van der Waals surface area contributed by atoms with Gasteiger partial charge in [-0.2, -0.15) is 0 Å². The number of carbonyl (C=O) groups is 2. The predicted molar refractivity (Wildman–Crippen MR) is 142 cm³/mol. The Labute approximate surface area is 209 Å². The number of hydrogen-bond acceptors (Lipinski definition) is 2. The van der Waals surface area contributed by atoms with Gasteiger partial charge in [-0.1, -0.05) is 74.2 Å². The minimum atomic E-state index is 0.0351. The molecule has 0 spiro atoms. The SMILES string of the molecule is CCCCN(CC(=O)N(CCc1c[nH]c2ccccc12)Cc1ccc(C)cc1)C(=O)C1CCCC1. The molecule has 0 radical (unpaired) electrons. The molecule has 1 heterocycles. The molecule has 0 aliphatic heterocycles. The highest BCUT2D eigenvalue weighted by atomic mass is 16.2. The number of para-hydroxylation sites is 1. The topological polar surface area (TPSA) is 56.4 Å².